The molecular formula is C13H18N2O5. The number of pyridine rings is 1. The van der Waals surface area contributed by atoms with Gasteiger partial charge in [-0.3, -0.25) is 4.79 Å². The van der Waals surface area contributed by atoms with Gasteiger partial charge in [-0.25, -0.2) is 9.78 Å². The molecule has 2 N–H and O–H groups in total. The van der Waals surface area contributed by atoms with Crippen LogP contribution in [0.2, 0.25) is 0 Å². The van der Waals surface area contributed by atoms with Crippen LogP contribution in [0.3, 0.4) is 0 Å². The van der Waals surface area contributed by atoms with E-state index in [1.54, 1.807) is 13.1 Å². The first-order chi connectivity index (χ1) is 9.29. The zero-order valence-corrected chi connectivity index (χ0v) is 11.9. The minimum atomic E-state index is -1.21. The molecule has 7 nitrogen and oxygen atoms in total. The van der Waals surface area contributed by atoms with Crippen LogP contribution in [0.5, 0.6) is 5.75 Å². The fourth-order valence-corrected chi connectivity index (χ4v) is 2.08. The second-order valence-electron chi connectivity index (χ2n) is 4.49. The molecule has 0 saturated carbocycles. The van der Waals surface area contributed by atoms with Crippen LogP contribution in [0, 0.1) is 13.8 Å². The van der Waals surface area contributed by atoms with E-state index < -0.39 is 24.4 Å². The molecule has 110 valence electrons. The molecule has 0 aromatic carbocycles. The van der Waals surface area contributed by atoms with Gasteiger partial charge in [0, 0.05) is 24.4 Å². The van der Waals surface area contributed by atoms with E-state index in [0.717, 1.165) is 5.56 Å². The summed E-state index contributed by atoms with van der Waals surface area (Å²) >= 11 is 0. The summed E-state index contributed by atoms with van der Waals surface area (Å²) in [4.78, 5) is 27.5. The van der Waals surface area contributed by atoms with E-state index in [1.807, 2.05) is 6.92 Å². The molecule has 0 bridgehead atoms. The maximum Gasteiger partial charge on any atom is 0.326 e. The number of ether oxygens (including phenoxy) is 1. The highest BCUT2D eigenvalue weighted by molar-refractivity contribution is 5.84. The summed E-state index contributed by atoms with van der Waals surface area (Å²) in [5, 5.41) is 18.0. The molecule has 0 aliphatic heterocycles. The number of aryl methyl sites for hydroxylation is 1. The number of nitrogens with zero attached hydrogens (tertiary/aromatic N) is 2. The quantitative estimate of drug-likeness (QED) is 0.805. The first-order valence-electron chi connectivity index (χ1n) is 5.97. The molecule has 1 rings (SSSR count). The number of anilines is 1. The largest absolute Gasteiger partial charge is 0.496 e. The van der Waals surface area contributed by atoms with Gasteiger partial charge in [0.05, 0.1) is 13.5 Å². The van der Waals surface area contributed by atoms with Gasteiger partial charge in [0.15, 0.2) is 0 Å². The van der Waals surface area contributed by atoms with Gasteiger partial charge in [0.25, 0.3) is 0 Å². The molecule has 0 aliphatic rings. The number of rotatable bonds is 6. The number of methoxy groups -OCH3 is 1. The monoisotopic (exact) mass is 282 g/mol. The predicted octanol–water partition coefficient (Wildman–Crippen LogP) is 1.07. The topological polar surface area (TPSA) is 100.0 Å². The average Bonchev–Trinajstić information content (AvgIpc) is 2.35. The number of likely N-dealkylation sites (N-methyl/N-ethyl adjacent to an activating group) is 1. The molecule has 0 spiro atoms. The van der Waals surface area contributed by atoms with Crippen molar-refractivity contribution in [2.45, 2.75) is 26.3 Å². The molecule has 0 amide bonds. The van der Waals surface area contributed by atoms with Crippen molar-refractivity contribution in [1.82, 2.24) is 4.98 Å². The van der Waals surface area contributed by atoms with Crippen molar-refractivity contribution in [3.63, 3.8) is 0 Å². The van der Waals surface area contributed by atoms with Gasteiger partial charge in [-0.15, -0.1) is 0 Å². The van der Waals surface area contributed by atoms with Crippen LogP contribution in [0.1, 0.15) is 17.5 Å². The molecule has 0 fully saturated rings. The zero-order valence-electron chi connectivity index (χ0n) is 11.9. The number of carboxylic acid groups (broad SMARTS) is 2. The van der Waals surface area contributed by atoms with E-state index >= 15 is 0 Å². The molecule has 20 heavy (non-hydrogen) atoms. The van der Waals surface area contributed by atoms with Crippen LogP contribution in [0.4, 0.5) is 5.82 Å². The minimum absolute atomic E-state index is 0.390. The summed E-state index contributed by atoms with van der Waals surface area (Å²) in [5.74, 6) is -1.39. The van der Waals surface area contributed by atoms with Crippen molar-refractivity contribution < 1.29 is 24.5 Å². The summed E-state index contributed by atoms with van der Waals surface area (Å²) in [7, 11) is 3.02. The normalized spacial score (nSPS) is 11.8. The lowest BCUT2D eigenvalue weighted by atomic mass is 10.1. The van der Waals surface area contributed by atoms with Crippen molar-refractivity contribution in [2.24, 2.45) is 0 Å². The summed E-state index contributed by atoms with van der Waals surface area (Å²) in [5.41, 5.74) is 1.50. The van der Waals surface area contributed by atoms with Crippen LogP contribution in [0.15, 0.2) is 6.20 Å². The Labute approximate surface area is 116 Å². The Morgan fingerprint density at radius 3 is 2.45 bits per heavy atom. The maximum atomic E-state index is 11.2. The molecule has 1 heterocycles. The van der Waals surface area contributed by atoms with E-state index in [0.29, 0.717) is 17.1 Å². The third-order valence-electron chi connectivity index (χ3n) is 3.07. The predicted molar refractivity (Wildman–Crippen MR) is 72.3 cm³/mol. The summed E-state index contributed by atoms with van der Waals surface area (Å²) in [6.45, 7) is 3.58. The fourth-order valence-electron chi connectivity index (χ4n) is 2.08. The molecule has 7 heteroatoms. The van der Waals surface area contributed by atoms with E-state index in [9.17, 15) is 9.59 Å². The van der Waals surface area contributed by atoms with Gasteiger partial charge in [0.2, 0.25) is 0 Å². The van der Waals surface area contributed by atoms with E-state index in [-0.39, 0.29) is 0 Å². The number of carbonyl (C=O) groups is 2. The van der Waals surface area contributed by atoms with E-state index in [1.165, 1.54) is 19.1 Å². The highest BCUT2D eigenvalue weighted by Crippen LogP contribution is 2.30. The molecule has 0 radical (unpaired) electrons. The lowest BCUT2D eigenvalue weighted by Gasteiger charge is -2.27. The Bertz CT molecular complexity index is 530. The Kier molecular flexibility index (Phi) is 4.90. The van der Waals surface area contributed by atoms with Gasteiger partial charge in [-0.2, -0.15) is 0 Å². The van der Waals surface area contributed by atoms with Crippen molar-refractivity contribution in [2.75, 3.05) is 19.1 Å². The third-order valence-corrected chi connectivity index (χ3v) is 3.07. The second kappa shape index (κ2) is 6.23. The Balaban J connectivity index is 3.21. The lowest BCUT2D eigenvalue weighted by Crippen LogP contribution is -2.41. The lowest BCUT2D eigenvalue weighted by molar-refractivity contribution is -0.145. The number of hydrogen-bond donors (Lipinski definition) is 2. The van der Waals surface area contributed by atoms with Crippen LogP contribution in [0.25, 0.3) is 0 Å². The molecule has 1 aromatic heterocycles. The minimum Gasteiger partial charge on any atom is -0.496 e. The molecule has 0 unspecified atom stereocenters. The number of carboxylic acids is 2. The smallest absolute Gasteiger partial charge is 0.326 e. The maximum absolute atomic E-state index is 11.2. The van der Waals surface area contributed by atoms with Gasteiger partial charge in [-0.1, -0.05) is 0 Å². The van der Waals surface area contributed by atoms with Gasteiger partial charge < -0.3 is 19.8 Å². The fraction of sp³-hybridized carbons (Fsp3) is 0.462. The van der Waals surface area contributed by atoms with Crippen molar-refractivity contribution in [3.05, 3.63) is 17.3 Å². The molecule has 0 saturated heterocycles. The molecule has 1 atom stereocenters. The Morgan fingerprint density at radius 2 is 2.00 bits per heavy atom. The molecule has 1 aromatic rings. The first kappa shape index (κ1) is 15.7. The van der Waals surface area contributed by atoms with Crippen LogP contribution < -0.4 is 9.64 Å². The SMILES string of the molecule is COc1c(C)cnc(N(C)[C@H](CC(=O)O)C(=O)O)c1C. The van der Waals surface area contributed by atoms with Gasteiger partial charge in [-0.05, 0) is 13.8 Å². The van der Waals surface area contributed by atoms with Gasteiger partial charge in [0.1, 0.15) is 17.6 Å². The highest BCUT2D eigenvalue weighted by atomic mass is 16.5. The molecule has 0 aliphatic carbocycles. The summed E-state index contributed by atoms with van der Waals surface area (Å²) < 4.78 is 5.26. The van der Waals surface area contributed by atoms with Crippen molar-refractivity contribution >= 4 is 17.8 Å². The summed E-state index contributed by atoms with van der Waals surface area (Å²) in [6.07, 6.45) is 1.06. The van der Waals surface area contributed by atoms with E-state index in [2.05, 4.69) is 4.98 Å². The number of hydrogen-bond acceptors (Lipinski definition) is 5. The van der Waals surface area contributed by atoms with Crippen LogP contribution in [-0.4, -0.2) is 47.3 Å². The highest BCUT2D eigenvalue weighted by Gasteiger charge is 2.28. The second-order valence-corrected chi connectivity index (χ2v) is 4.49. The third kappa shape index (κ3) is 3.17. The van der Waals surface area contributed by atoms with Crippen molar-refractivity contribution in [1.29, 1.82) is 0 Å². The summed E-state index contributed by atoms with van der Waals surface area (Å²) in [6, 6.07) is -1.19. The average molecular weight is 282 g/mol. The molecular weight excluding hydrogens is 264 g/mol. The van der Waals surface area contributed by atoms with Crippen molar-refractivity contribution in [3.8, 4) is 5.75 Å². The number of aliphatic carboxylic acids is 2. The standard InChI is InChI=1S/C13H18N2O5/c1-7-6-14-12(8(2)11(7)20-4)15(3)9(13(18)19)5-10(16)17/h6,9H,5H2,1-4H3,(H,16,17)(H,18,19)/t9-/m1/s1. The first-order valence-corrected chi connectivity index (χ1v) is 5.97. The number of aromatic nitrogens is 1. The van der Waals surface area contributed by atoms with Crippen LogP contribution in [-0.2, 0) is 9.59 Å². The van der Waals surface area contributed by atoms with E-state index in [4.69, 9.17) is 14.9 Å². The van der Waals surface area contributed by atoms with Gasteiger partial charge >= 0.3 is 11.9 Å². The Morgan fingerprint density at radius 1 is 1.40 bits per heavy atom. The van der Waals surface area contributed by atoms with Crippen LogP contribution >= 0.6 is 0 Å². The Hall–Kier alpha value is -2.31. The zero-order chi connectivity index (χ0) is 15.4.